The van der Waals surface area contributed by atoms with Crippen molar-refractivity contribution < 1.29 is 9.18 Å². The van der Waals surface area contributed by atoms with Crippen LogP contribution in [0.2, 0.25) is 0 Å². The van der Waals surface area contributed by atoms with Gasteiger partial charge >= 0.3 is 0 Å². The highest BCUT2D eigenvalue weighted by molar-refractivity contribution is 7.20. The Morgan fingerprint density at radius 2 is 1.97 bits per heavy atom. The fraction of sp³-hybridized carbons (Fsp3) is 0.143. The molecule has 1 amide bonds. The van der Waals surface area contributed by atoms with Crippen LogP contribution in [-0.4, -0.2) is 26.7 Å². The van der Waals surface area contributed by atoms with Gasteiger partial charge in [0.2, 0.25) is 0 Å². The Balaban J connectivity index is 1.56. The lowest BCUT2D eigenvalue weighted by Gasteiger charge is -2.09. The molecule has 3 heterocycles. The number of amides is 1. The summed E-state index contributed by atoms with van der Waals surface area (Å²) < 4.78 is 15.2. The zero-order chi connectivity index (χ0) is 21.4. The Labute approximate surface area is 176 Å². The number of halogens is 1. The Hall–Kier alpha value is -3.59. The molecule has 152 valence electrons. The molecule has 0 aliphatic carbocycles. The van der Waals surface area contributed by atoms with E-state index in [9.17, 15) is 9.18 Å². The molecule has 0 fully saturated rings. The Kier molecular flexibility index (Phi) is 5.04. The highest BCUT2D eigenvalue weighted by Gasteiger charge is 2.18. The van der Waals surface area contributed by atoms with Gasteiger partial charge in [0.25, 0.3) is 5.91 Å². The molecule has 7 nitrogen and oxygen atoms in total. The van der Waals surface area contributed by atoms with Crippen LogP contribution in [0.3, 0.4) is 0 Å². The zero-order valence-corrected chi connectivity index (χ0v) is 17.4. The highest BCUT2D eigenvalue weighted by Crippen LogP contribution is 2.31. The fourth-order valence-electron chi connectivity index (χ4n) is 3.43. The van der Waals surface area contributed by atoms with E-state index in [4.69, 9.17) is 5.73 Å². The summed E-state index contributed by atoms with van der Waals surface area (Å²) in [4.78, 5) is 21.9. The number of nitrogens with one attached hydrogen (secondary N) is 1. The topological polar surface area (TPSA) is 98.2 Å². The average Bonchev–Trinajstić information content (AvgIpc) is 3.20. The zero-order valence-electron chi connectivity index (χ0n) is 16.6. The lowest BCUT2D eigenvalue weighted by Crippen LogP contribution is -2.17. The second-order valence-corrected chi connectivity index (χ2v) is 7.83. The van der Waals surface area contributed by atoms with Crippen LogP contribution in [-0.2, 0) is 0 Å². The van der Waals surface area contributed by atoms with Crippen LogP contribution < -0.4 is 11.2 Å². The molecule has 3 N–H and O–H groups in total. The lowest BCUT2D eigenvalue weighted by molar-refractivity contribution is 0.0958. The molecule has 3 aromatic heterocycles. The van der Waals surface area contributed by atoms with Gasteiger partial charge in [0.05, 0.1) is 16.5 Å². The summed E-state index contributed by atoms with van der Waals surface area (Å²) >= 11 is 1.25. The van der Waals surface area contributed by atoms with Gasteiger partial charge in [-0.15, -0.1) is 11.3 Å². The van der Waals surface area contributed by atoms with E-state index in [1.807, 2.05) is 31.4 Å². The van der Waals surface area contributed by atoms with Gasteiger partial charge in [-0.2, -0.15) is 5.10 Å². The Morgan fingerprint density at radius 3 is 2.67 bits per heavy atom. The van der Waals surface area contributed by atoms with Crippen molar-refractivity contribution in [2.75, 3.05) is 5.73 Å². The first kappa shape index (κ1) is 19.7. The number of nitrogens with zero attached hydrogens (tertiary/aromatic N) is 4. The molecule has 0 bridgehead atoms. The van der Waals surface area contributed by atoms with Crippen LogP contribution >= 0.6 is 11.3 Å². The van der Waals surface area contributed by atoms with Gasteiger partial charge in [0.15, 0.2) is 0 Å². The monoisotopic (exact) mass is 422 g/mol. The number of hydrazone groups is 1. The molecule has 4 rings (SSSR count). The molecule has 0 saturated heterocycles. The SMILES string of the molecule is Cc1c(C(=O)N/N=C\c2cc(C)n(-c3ccc(F)cc3)c2C)sc2ncnc(N)c12. The molecule has 0 atom stereocenters. The van der Waals surface area contributed by atoms with Crippen LogP contribution in [0.25, 0.3) is 15.9 Å². The number of hydrogen-bond acceptors (Lipinski definition) is 6. The lowest BCUT2D eigenvalue weighted by atomic mass is 10.2. The first-order valence-electron chi connectivity index (χ1n) is 9.14. The third kappa shape index (κ3) is 3.43. The number of nitrogens with two attached hydrogens (primary N) is 1. The minimum atomic E-state index is -0.335. The minimum absolute atomic E-state index is 0.282. The minimum Gasteiger partial charge on any atom is -0.383 e. The van der Waals surface area contributed by atoms with E-state index >= 15 is 0 Å². The van der Waals surface area contributed by atoms with Crippen molar-refractivity contribution in [3.05, 3.63) is 69.9 Å². The number of rotatable bonds is 4. The summed E-state index contributed by atoms with van der Waals surface area (Å²) in [5, 5.41) is 4.81. The van der Waals surface area contributed by atoms with Crippen molar-refractivity contribution in [3.8, 4) is 5.69 Å². The third-order valence-electron chi connectivity index (χ3n) is 4.89. The second kappa shape index (κ2) is 7.68. The molecule has 0 radical (unpaired) electrons. The maximum atomic E-state index is 13.2. The van der Waals surface area contributed by atoms with E-state index in [0.29, 0.717) is 20.9 Å². The number of thiophene rings is 1. The molecule has 1 aromatic carbocycles. The van der Waals surface area contributed by atoms with Crippen LogP contribution in [0.5, 0.6) is 0 Å². The van der Waals surface area contributed by atoms with Crippen molar-refractivity contribution >= 4 is 39.5 Å². The highest BCUT2D eigenvalue weighted by atomic mass is 32.1. The van der Waals surface area contributed by atoms with Crippen molar-refractivity contribution in [2.45, 2.75) is 20.8 Å². The standard InChI is InChI=1S/C21H19FN6OS/c1-11-8-14(13(3)28(11)16-6-4-15(22)5-7-16)9-26-27-20(29)18-12(2)17-19(23)24-10-25-21(17)30-18/h4-10H,1-3H3,(H,27,29)(H2,23,24,25)/b26-9-. The number of nitrogen functional groups attached to an aromatic ring is 1. The van der Waals surface area contributed by atoms with Crippen molar-refractivity contribution in [1.82, 2.24) is 20.0 Å². The molecular formula is C21H19FN6OS. The van der Waals surface area contributed by atoms with Gasteiger partial charge < -0.3 is 10.3 Å². The average molecular weight is 422 g/mol. The molecular weight excluding hydrogens is 403 g/mol. The molecule has 0 spiro atoms. The number of hydrogen-bond donors (Lipinski definition) is 2. The first-order valence-corrected chi connectivity index (χ1v) is 9.96. The van der Waals surface area contributed by atoms with Gasteiger partial charge in [-0.05, 0) is 56.7 Å². The predicted octanol–water partition coefficient (Wildman–Crippen LogP) is 3.89. The van der Waals surface area contributed by atoms with Crippen molar-refractivity contribution in [1.29, 1.82) is 0 Å². The molecule has 4 aromatic rings. The predicted molar refractivity (Wildman–Crippen MR) is 117 cm³/mol. The van der Waals surface area contributed by atoms with E-state index in [1.54, 1.807) is 18.3 Å². The van der Waals surface area contributed by atoms with Crippen LogP contribution in [0.4, 0.5) is 10.2 Å². The quantitative estimate of drug-likeness (QED) is 0.385. The normalized spacial score (nSPS) is 11.5. The summed E-state index contributed by atoms with van der Waals surface area (Å²) in [6, 6.07) is 8.24. The second-order valence-electron chi connectivity index (χ2n) is 6.83. The molecule has 0 saturated carbocycles. The largest absolute Gasteiger partial charge is 0.383 e. The molecule has 9 heteroatoms. The number of fused-ring (bicyclic) bond motifs is 1. The molecule has 0 aliphatic rings. The summed E-state index contributed by atoms with van der Waals surface area (Å²) in [7, 11) is 0. The Bertz CT molecular complexity index is 1290. The van der Waals surface area contributed by atoms with Gasteiger partial charge in [-0.25, -0.2) is 19.8 Å². The van der Waals surface area contributed by atoms with Gasteiger partial charge in [-0.3, -0.25) is 4.79 Å². The van der Waals surface area contributed by atoms with Gasteiger partial charge in [0.1, 0.15) is 22.8 Å². The van der Waals surface area contributed by atoms with Crippen LogP contribution in [0, 0.1) is 26.6 Å². The molecule has 30 heavy (non-hydrogen) atoms. The van der Waals surface area contributed by atoms with Crippen LogP contribution in [0.15, 0.2) is 41.8 Å². The van der Waals surface area contributed by atoms with E-state index in [2.05, 4.69) is 20.5 Å². The number of aromatic nitrogens is 3. The number of aryl methyl sites for hydroxylation is 2. The smallest absolute Gasteiger partial charge is 0.281 e. The molecule has 0 aliphatic heterocycles. The van der Waals surface area contributed by atoms with Gasteiger partial charge in [-0.1, -0.05) is 0 Å². The number of anilines is 1. The third-order valence-corrected chi connectivity index (χ3v) is 6.09. The Morgan fingerprint density at radius 1 is 1.23 bits per heavy atom. The van der Waals surface area contributed by atoms with E-state index in [0.717, 1.165) is 28.2 Å². The maximum absolute atomic E-state index is 13.2. The van der Waals surface area contributed by atoms with Crippen molar-refractivity contribution in [3.63, 3.8) is 0 Å². The van der Waals surface area contributed by atoms with Crippen molar-refractivity contribution in [2.24, 2.45) is 5.10 Å². The van der Waals surface area contributed by atoms with Gasteiger partial charge in [0, 0.05) is 22.6 Å². The fourth-order valence-corrected chi connectivity index (χ4v) is 4.48. The summed E-state index contributed by atoms with van der Waals surface area (Å²) in [6.07, 6.45) is 2.97. The molecule has 0 unspecified atom stereocenters. The summed E-state index contributed by atoms with van der Waals surface area (Å²) in [6.45, 7) is 5.71. The summed E-state index contributed by atoms with van der Waals surface area (Å²) in [5.41, 5.74) is 12.8. The van der Waals surface area contributed by atoms with E-state index in [1.165, 1.54) is 29.8 Å². The first-order chi connectivity index (χ1) is 14.4. The summed E-state index contributed by atoms with van der Waals surface area (Å²) in [5.74, 6) is -0.266. The number of carbonyl (C=O) groups is 1. The number of carbonyl (C=O) groups excluding carboxylic acids is 1. The number of benzene rings is 1. The van der Waals surface area contributed by atoms with Crippen LogP contribution in [0.1, 0.15) is 32.2 Å². The van der Waals surface area contributed by atoms with E-state index in [-0.39, 0.29) is 11.7 Å². The maximum Gasteiger partial charge on any atom is 0.281 e. The van der Waals surface area contributed by atoms with E-state index < -0.39 is 0 Å².